The van der Waals surface area contributed by atoms with Crippen LogP contribution in [0.3, 0.4) is 0 Å². The number of methoxy groups -OCH3 is 1. The van der Waals surface area contributed by atoms with Crippen LogP contribution >= 0.6 is 0 Å². The Kier molecular flexibility index (Phi) is 7.75. The van der Waals surface area contributed by atoms with Crippen LogP contribution in [0.25, 0.3) is 5.57 Å². The third-order valence-electron chi connectivity index (χ3n) is 6.09. The van der Waals surface area contributed by atoms with E-state index in [2.05, 4.69) is 5.32 Å². The minimum atomic E-state index is -0.688. The first-order valence-corrected chi connectivity index (χ1v) is 11.7. The van der Waals surface area contributed by atoms with Crippen molar-refractivity contribution in [3.8, 4) is 0 Å². The first kappa shape index (κ1) is 25.7. The lowest BCUT2D eigenvalue weighted by atomic mass is 10.1. The fourth-order valence-electron chi connectivity index (χ4n) is 4.17. The van der Waals surface area contributed by atoms with Crippen LogP contribution < -0.4 is 15.1 Å². The van der Waals surface area contributed by atoms with E-state index in [0.717, 1.165) is 0 Å². The van der Waals surface area contributed by atoms with Gasteiger partial charge in [0.05, 0.1) is 37.8 Å². The van der Waals surface area contributed by atoms with E-state index < -0.39 is 24.0 Å². The summed E-state index contributed by atoms with van der Waals surface area (Å²) in [7, 11) is 1.22. The van der Waals surface area contributed by atoms with Gasteiger partial charge in [-0.3, -0.25) is 14.5 Å². The Bertz CT molecular complexity index is 1210. The smallest absolute Gasteiger partial charge is 0.414 e. The third kappa shape index (κ3) is 5.90. The molecule has 0 bridgehead atoms. The van der Waals surface area contributed by atoms with Crippen molar-refractivity contribution in [1.82, 2.24) is 10.2 Å². The van der Waals surface area contributed by atoms with Gasteiger partial charge in [0.15, 0.2) is 0 Å². The molecule has 1 aromatic heterocycles. The second-order valence-corrected chi connectivity index (χ2v) is 8.53. The Balaban J connectivity index is 1.38. The minimum Gasteiger partial charge on any atom is -0.465 e. The summed E-state index contributed by atoms with van der Waals surface area (Å²) in [6.45, 7) is 3.11. The van der Waals surface area contributed by atoms with E-state index in [9.17, 15) is 19.2 Å². The summed E-state index contributed by atoms with van der Waals surface area (Å²) in [5, 5.41) is 2.60. The number of furan rings is 1. The maximum absolute atomic E-state index is 15.0. The van der Waals surface area contributed by atoms with Gasteiger partial charge in [-0.05, 0) is 30.3 Å². The molecule has 2 aliphatic rings. The molecule has 2 saturated heterocycles. The Labute approximate surface area is 212 Å². The van der Waals surface area contributed by atoms with E-state index >= 15 is 4.39 Å². The van der Waals surface area contributed by atoms with Gasteiger partial charge < -0.3 is 29.0 Å². The van der Waals surface area contributed by atoms with E-state index in [1.165, 1.54) is 37.3 Å². The molecule has 1 N–H and O–H groups in total. The molecule has 11 nitrogen and oxygen atoms in total. The number of nitrogens with one attached hydrogen (secondary N) is 1. The molecule has 3 heterocycles. The molecule has 196 valence electrons. The van der Waals surface area contributed by atoms with Gasteiger partial charge in [0.1, 0.15) is 23.3 Å². The van der Waals surface area contributed by atoms with E-state index in [-0.39, 0.29) is 36.2 Å². The summed E-state index contributed by atoms with van der Waals surface area (Å²) in [4.78, 5) is 52.9. The highest BCUT2D eigenvalue weighted by atomic mass is 19.1. The number of amides is 3. The summed E-state index contributed by atoms with van der Waals surface area (Å²) in [6.07, 6.45) is 1.45. The fourth-order valence-corrected chi connectivity index (χ4v) is 4.17. The van der Waals surface area contributed by atoms with Crippen LogP contribution in [0.1, 0.15) is 12.7 Å². The van der Waals surface area contributed by atoms with Crippen LogP contribution in [0.5, 0.6) is 0 Å². The van der Waals surface area contributed by atoms with Crippen molar-refractivity contribution < 1.29 is 37.5 Å². The normalized spacial score (nSPS) is 18.0. The molecule has 2 fully saturated rings. The van der Waals surface area contributed by atoms with Crippen LogP contribution in [0.15, 0.2) is 47.1 Å². The fraction of sp³-hybridized carbons (Fsp3) is 0.360. The number of rotatable bonds is 7. The standard InChI is InChI=1S/C25H27FN4O7/c1-16(31)27-14-18-15-30(25(34)37-18)17-5-6-21(20(26)12-17)28-7-9-29(10-8-28)23(32)13-19(24(33)35-2)22-4-3-11-36-22/h3-6,11-13,18H,7-10,14-15H2,1-2H3,(H,27,31)/b19-13+/t18-/m0/s1. The summed E-state index contributed by atoms with van der Waals surface area (Å²) >= 11 is 0. The van der Waals surface area contributed by atoms with E-state index in [1.54, 1.807) is 29.2 Å². The monoisotopic (exact) mass is 514 g/mol. The van der Waals surface area contributed by atoms with Gasteiger partial charge in [0.25, 0.3) is 0 Å². The zero-order valence-electron chi connectivity index (χ0n) is 20.4. The number of piperazine rings is 1. The molecular formula is C25H27FN4O7. The van der Waals surface area contributed by atoms with E-state index in [1.807, 2.05) is 4.90 Å². The zero-order valence-corrected chi connectivity index (χ0v) is 20.4. The second-order valence-electron chi connectivity index (χ2n) is 8.53. The Hall–Kier alpha value is -4.35. The number of benzene rings is 1. The number of cyclic esters (lactones) is 1. The molecular weight excluding hydrogens is 487 g/mol. The van der Waals surface area contributed by atoms with Crippen molar-refractivity contribution >= 4 is 40.8 Å². The highest BCUT2D eigenvalue weighted by Gasteiger charge is 2.33. The molecule has 0 saturated carbocycles. The number of ether oxygens (including phenoxy) is 2. The molecule has 2 aliphatic heterocycles. The van der Waals surface area contributed by atoms with Gasteiger partial charge in [-0.25, -0.2) is 14.0 Å². The number of nitrogens with zero attached hydrogens (tertiary/aromatic N) is 3. The van der Waals surface area contributed by atoms with Crippen molar-refractivity contribution in [2.45, 2.75) is 13.0 Å². The molecule has 4 rings (SSSR count). The first-order valence-electron chi connectivity index (χ1n) is 11.7. The van der Waals surface area contributed by atoms with Crippen LogP contribution in [0.4, 0.5) is 20.6 Å². The maximum Gasteiger partial charge on any atom is 0.414 e. The lowest BCUT2D eigenvalue weighted by Gasteiger charge is -2.36. The number of hydrogen-bond acceptors (Lipinski definition) is 8. The molecule has 0 unspecified atom stereocenters. The largest absolute Gasteiger partial charge is 0.465 e. The molecule has 37 heavy (non-hydrogen) atoms. The van der Waals surface area contributed by atoms with Crippen molar-refractivity contribution in [3.63, 3.8) is 0 Å². The molecule has 12 heteroatoms. The minimum absolute atomic E-state index is 0.0151. The van der Waals surface area contributed by atoms with Gasteiger partial charge in [0, 0.05) is 39.2 Å². The summed E-state index contributed by atoms with van der Waals surface area (Å²) in [6, 6.07) is 7.65. The van der Waals surface area contributed by atoms with E-state index in [4.69, 9.17) is 13.9 Å². The Morgan fingerprint density at radius 2 is 1.95 bits per heavy atom. The van der Waals surface area contributed by atoms with Gasteiger partial charge in [-0.2, -0.15) is 0 Å². The van der Waals surface area contributed by atoms with Gasteiger partial charge in [0.2, 0.25) is 11.8 Å². The van der Waals surface area contributed by atoms with Gasteiger partial charge >= 0.3 is 12.1 Å². The molecule has 0 spiro atoms. The van der Waals surface area contributed by atoms with Gasteiger partial charge in [-0.1, -0.05) is 0 Å². The highest BCUT2D eigenvalue weighted by molar-refractivity contribution is 6.20. The Morgan fingerprint density at radius 1 is 1.19 bits per heavy atom. The molecule has 1 aromatic carbocycles. The third-order valence-corrected chi connectivity index (χ3v) is 6.09. The Morgan fingerprint density at radius 3 is 2.57 bits per heavy atom. The lowest BCUT2D eigenvalue weighted by molar-refractivity contribution is -0.134. The summed E-state index contributed by atoms with van der Waals surface area (Å²) in [5.74, 6) is -1.59. The maximum atomic E-state index is 15.0. The molecule has 0 radical (unpaired) electrons. The average Bonchev–Trinajstić information content (AvgIpc) is 3.55. The topological polar surface area (TPSA) is 122 Å². The summed E-state index contributed by atoms with van der Waals surface area (Å²) < 4.78 is 30.3. The summed E-state index contributed by atoms with van der Waals surface area (Å²) in [5.41, 5.74) is 0.713. The van der Waals surface area contributed by atoms with Crippen LogP contribution in [0, 0.1) is 5.82 Å². The van der Waals surface area contributed by atoms with Crippen molar-refractivity contribution in [3.05, 3.63) is 54.2 Å². The van der Waals surface area contributed by atoms with Crippen LogP contribution in [0.2, 0.25) is 0 Å². The number of halogens is 1. The number of esters is 1. The predicted molar refractivity (Wildman–Crippen MR) is 130 cm³/mol. The number of anilines is 2. The number of hydrogen-bond donors (Lipinski definition) is 1. The first-order chi connectivity index (χ1) is 17.8. The molecule has 3 amide bonds. The second kappa shape index (κ2) is 11.1. The zero-order chi connectivity index (χ0) is 26.5. The van der Waals surface area contributed by atoms with Crippen molar-refractivity contribution in [1.29, 1.82) is 0 Å². The molecule has 0 aliphatic carbocycles. The lowest BCUT2D eigenvalue weighted by Crippen LogP contribution is -2.48. The van der Waals surface area contributed by atoms with Crippen LogP contribution in [-0.4, -0.2) is 81.3 Å². The van der Waals surface area contributed by atoms with Crippen molar-refractivity contribution in [2.24, 2.45) is 0 Å². The quantitative estimate of drug-likeness (QED) is 0.439. The predicted octanol–water partition coefficient (Wildman–Crippen LogP) is 1.79. The number of carbonyl (C=O) groups excluding carboxylic acids is 4. The van der Waals surface area contributed by atoms with Crippen LogP contribution in [-0.2, 0) is 23.9 Å². The van der Waals surface area contributed by atoms with Crippen molar-refractivity contribution in [2.75, 3.05) is 56.2 Å². The SMILES string of the molecule is COC(=O)/C(=C/C(=O)N1CCN(c2ccc(N3C[C@H](CNC(C)=O)OC3=O)cc2F)CC1)c1ccco1. The van der Waals surface area contributed by atoms with Gasteiger partial charge in [-0.15, -0.1) is 0 Å². The molecule has 1 atom stereocenters. The van der Waals surface area contributed by atoms with E-state index in [0.29, 0.717) is 37.6 Å². The average molecular weight is 515 g/mol. The number of carbonyl (C=O) groups is 4. The molecule has 2 aromatic rings. The highest BCUT2D eigenvalue weighted by Crippen LogP contribution is 2.28.